The molecule has 55 heavy (non-hydrogen) atoms. The van der Waals surface area contributed by atoms with Crippen LogP contribution in [-0.4, -0.2) is 6.71 Å². The molecule has 0 aliphatic carbocycles. The highest BCUT2D eigenvalue weighted by Gasteiger charge is 2.44. The van der Waals surface area contributed by atoms with E-state index in [1.807, 2.05) is 0 Å². The number of fused-ring (bicyclic) bond motifs is 4. The van der Waals surface area contributed by atoms with Crippen LogP contribution in [-0.2, 0) is 21.7 Å². The van der Waals surface area contributed by atoms with E-state index in [0.29, 0.717) is 6.04 Å². The van der Waals surface area contributed by atoms with Gasteiger partial charge in [0.25, 0.3) is 6.71 Å². The molecule has 0 atom stereocenters. The van der Waals surface area contributed by atoms with Gasteiger partial charge in [-0.25, -0.2) is 0 Å². The smallest absolute Gasteiger partial charge is 0.252 e. The average Bonchev–Trinajstić information content (AvgIpc) is 3.13. The van der Waals surface area contributed by atoms with Gasteiger partial charge in [-0.05, 0) is 121 Å². The minimum atomic E-state index is -0.250. The Kier molecular flexibility index (Phi) is 8.28. The molecule has 0 fully saturated rings. The third-order valence-corrected chi connectivity index (χ3v) is 12.2. The lowest BCUT2D eigenvalue weighted by atomic mass is 9.33. The van der Waals surface area contributed by atoms with E-state index in [0.717, 1.165) is 28.3 Å². The van der Waals surface area contributed by atoms with Crippen LogP contribution < -0.4 is 26.2 Å². The number of anilines is 6. The number of benzene rings is 6. The Labute approximate surface area is 332 Å². The molecule has 3 heteroatoms. The van der Waals surface area contributed by atoms with Crippen molar-refractivity contribution in [3.63, 3.8) is 0 Å². The summed E-state index contributed by atoms with van der Waals surface area (Å²) in [5, 5.41) is 0. The Morgan fingerprint density at radius 3 is 1.55 bits per heavy atom. The van der Waals surface area contributed by atoms with Crippen molar-refractivity contribution in [2.75, 3.05) is 9.80 Å². The first-order valence-corrected chi connectivity index (χ1v) is 20.1. The van der Waals surface area contributed by atoms with Crippen LogP contribution >= 0.6 is 0 Å². The molecule has 0 unspecified atom stereocenters. The molecule has 2 aliphatic heterocycles. The largest absolute Gasteiger partial charge is 0.311 e. The Bertz CT molecular complexity index is 2480. The molecule has 0 amide bonds. The van der Waals surface area contributed by atoms with Crippen LogP contribution in [0.15, 0.2) is 127 Å². The summed E-state index contributed by atoms with van der Waals surface area (Å²) in [7, 11) is 0. The van der Waals surface area contributed by atoms with Gasteiger partial charge in [-0.2, -0.15) is 0 Å². The number of aryl methyl sites for hydroxylation is 1. The highest BCUT2D eigenvalue weighted by molar-refractivity contribution is 7.00. The molecule has 8 rings (SSSR count). The van der Waals surface area contributed by atoms with Crippen LogP contribution in [0.4, 0.5) is 34.1 Å². The summed E-state index contributed by atoms with van der Waals surface area (Å²) in [4.78, 5) is 4.91. The summed E-state index contributed by atoms with van der Waals surface area (Å²) in [6, 6.07) is 46.0. The van der Waals surface area contributed by atoms with E-state index in [1.54, 1.807) is 0 Å². The summed E-state index contributed by atoms with van der Waals surface area (Å²) < 4.78 is 9.77. The maximum Gasteiger partial charge on any atom is 0.252 e. The molecule has 0 saturated heterocycles. The van der Waals surface area contributed by atoms with Crippen molar-refractivity contribution >= 4 is 57.2 Å². The van der Waals surface area contributed by atoms with Gasteiger partial charge in [-0.3, -0.25) is 0 Å². The SMILES string of the molecule is [2H]c1cc(C(C)(C)c2ccccc2)ccc1N1c2cc(C(C)(C)C)ccc2B2c3cc(C(C)(C)C)ccc3N(c3ccc(C(C)(C)C)cc3)c3cc(C)cc1c32. The predicted octanol–water partition coefficient (Wildman–Crippen LogP) is 12.3. The fourth-order valence-electron chi connectivity index (χ4n) is 8.68. The van der Waals surface area contributed by atoms with Crippen LogP contribution in [0.5, 0.6) is 0 Å². The monoisotopic (exact) mass is 721 g/mol. The van der Waals surface area contributed by atoms with Crippen molar-refractivity contribution in [1.82, 2.24) is 0 Å². The molecule has 0 radical (unpaired) electrons. The topological polar surface area (TPSA) is 6.48 Å². The zero-order chi connectivity index (χ0) is 40.1. The number of hydrogen-bond acceptors (Lipinski definition) is 2. The quantitative estimate of drug-likeness (QED) is 0.167. The lowest BCUT2D eigenvalue weighted by Gasteiger charge is -2.45. The van der Waals surface area contributed by atoms with Crippen molar-refractivity contribution in [1.29, 1.82) is 0 Å². The van der Waals surface area contributed by atoms with Crippen molar-refractivity contribution in [2.24, 2.45) is 0 Å². The summed E-state index contributed by atoms with van der Waals surface area (Å²) in [6.07, 6.45) is 0. The first-order chi connectivity index (χ1) is 26.2. The Morgan fingerprint density at radius 1 is 0.436 bits per heavy atom. The van der Waals surface area contributed by atoms with Gasteiger partial charge in [-0.15, -0.1) is 0 Å². The maximum atomic E-state index is 9.77. The molecule has 0 bridgehead atoms. The van der Waals surface area contributed by atoms with Crippen molar-refractivity contribution in [3.05, 3.63) is 161 Å². The molecule has 2 heterocycles. The fourth-order valence-corrected chi connectivity index (χ4v) is 8.68. The summed E-state index contributed by atoms with van der Waals surface area (Å²) in [6.45, 7) is 27.4. The highest BCUT2D eigenvalue weighted by atomic mass is 15.2. The van der Waals surface area contributed by atoms with E-state index in [2.05, 4.69) is 214 Å². The number of nitrogens with zero attached hydrogens (tertiary/aromatic N) is 2. The van der Waals surface area contributed by atoms with Gasteiger partial charge in [0.2, 0.25) is 0 Å². The minimum absolute atomic E-state index is 0.0143. The Balaban J connectivity index is 1.42. The first kappa shape index (κ1) is 35.7. The van der Waals surface area contributed by atoms with Crippen LogP contribution in [0.25, 0.3) is 0 Å². The second-order valence-corrected chi connectivity index (χ2v) is 19.6. The molecular formula is C52H57BN2. The molecule has 2 nitrogen and oxygen atoms in total. The molecule has 0 saturated carbocycles. The zero-order valence-corrected chi connectivity index (χ0v) is 35.0. The number of rotatable bonds is 4. The number of hydrogen-bond donors (Lipinski definition) is 0. The van der Waals surface area contributed by atoms with Gasteiger partial charge in [0, 0.05) is 39.5 Å². The molecule has 278 valence electrons. The van der Waals surface area contributed by atoms with Crippen molar-refractivity contribution in [3.8, 4) is 0 Å². The molecule has 2 aliphatic rings. The fraction of sp³-hybridized carbons (Fsp3) is 0.308. The van der Waals surface area contributed by atoms with Gasteiger partial charge in [0.05, 0.1) is 1.37 Å². The van der Waals surface area contributed by atoms with E-state index < -0.39 is 0 Å². The summed E-state index contributed by atoms with van der Waals surface area (Å²) >= 11 is 0. The minimum Gasteiger partial charge on any atom is -0.311 e. The standard InChI is InChI=1S/C52H57BN2/c1-34-30-46-48-47(31-34)55(41-26-20-37(21-27-41)52(11,12)36-16-14-13-15-17-36)45-33-39(51(8,9)10)22-28-42(45)53(48)43-32-38(50(5,6)7)23-29-44(43)54(46)40-24-18-35(19-25-40)49(2,3)4/h13-33H,1-12H3/i26D. The van der Waals surface area contributed by atoms with E-state index in [-0.39, 0.29) is 28.4 Å². The molecular weight excluding hydrogens is 663 g/mol. The predicted molar refractivity (Wildman–Crippen MR) is 240 cm³/mol. The molecule has 6 aromatic carbocycles. The van der Waals surface area contributed by atoms with Crippen molar-refractivity contribution < 1.29 is 1.37 Å². The molecule has 6 aromatic rings. The highest BCUT2D eigenvalue weighted by Crippen LogP contribution is 2.46. The van der Waals surface area contributed by atoms with Crippen molar-refractivity contribution in [2.45, 2.75) is 105 Å². The Hall–Kier alpha value is -5.02. The average molecular weight is 722 g/mol. The van der Waals surface area contributed by atoms with Gasteiger partial charge in [0.15, 0.2) is 0 Å². The van der Waals surface area contributed by atoms with Gasteiger partial charge < -0.3 is 9.80 Å². The maximum absolute atomic E-state index is 9.77. The van der Waals surface area contributed by atoms with E-state index >= 15 is 0 Å². The van der Waals surface area contributed by atoms with E-state index in [1.165, 1.54) is 55.6 Å². The third-order valence-electron chi connectivity index (χ3n) is 12.2. The molecule has 0 N–H and O–H groups in total. The van der Waals surface area contributed by atoms with Gasteiger partial charge >= 0.3 is 0 Å². The van der Waals surface area contributed by atoms with Gasteiger partial charge in [-0.1, -0.05) is 155 Å². The normalized spacial score (nSPS) is 14.3. The van der Waals surface area contributed by atoms with Crippen LogP contribution in [0.2, 0.25) is 0 Å². The third kappa shape index (κ3) is 6.30. The lowest BCUT2D eigenvalue weighted by Crippen LogP contribution is -2.61. The Morgan fingerprint density at radius 2 is 0.945 bits per heavy atom. The van der Waals surface area contributed by atoms with E-state index in [9.17, 15) is 1.37 Å². The second kappa shape index (κ2) is 12.8. The molecule has 0 spiro atoms. The van der Waals surface area contributed by atoms with E-state index in [4.69, 9.17) is 0 Å². The van der Waals surface area contributed by atoms with Crippen LogP contribution in [0, 0.1) is 6.92 Å². The van der Waals surface area contributed by atoms with Crippen LogP contribution in [0.3, 0.4) is 0 Å². The summed E-state index contributed by atoms with van der Waals surface area (Å²) in [5.74, 6) is 0. The summed E-state index contributed by atoms with van der Waals surface area (Å²) in [5.41, 5.74) is 17.9. The second-order valence-electron chi connectivity index (χ2n) is 19.6. The zero-order valence-electron chi connectivity index (χ0n) is 36.0. The molecule has 0 aromatic heterocycles. The van der Waals surface area contributed by atoms with Gasteiger partial charge in [0.1, 0.15) is 0 Å². The lowest BCUT2D eigenvalue weighted by molar-refractivity contribution is 0.590. The first-order valence-electron chi connectivity index (χ1n) is 20.6. The van der Waals surface area contributed by atoms with Crippen LogP contribution in [0.1, 0.15) is 111 Å².